The fraction of sp³-hybridized carbons (Fsp3) is 0.364. The first-order valence-corrected chi connectivity index (χ1v) is 4.80. The van der Waals surface area contributed by atoms with Crippen LogP contribution in [0.3, 0.4) is 0 Å². The van der Waals surface area contributed by atoms with E-state index in [2.05, 4.69) is 0 Å². The van der Waals surface area contributed by atoms with Gasteiger partial charge in [-0.2, -0.15) is 0 Å². The van der Waals surface area contributed by atoms with Crippen LogP contribution in [0.5, 0.6) is 5.75 Å². The summed E-state index contributed by atoms with van der Waals surface area (Å²) in [5.74, 6) is -0.422. The number of aliphatic carboxylic acids is 1. The van der Waals surface area contributed by atoms with E-state index in [-0.39, 0.29) is 0 Å². The molecule has 0 saturated carbocycles. The molecule has 0 amide bonds. The third-order valence-corrected chi connectivity index (χ3v) is 2.75. The van der Waals surface area contributed by atoms with Gasteiger partial charge in [0.25, 0.3) is 0 Å². The van der Waals surface area contributed by atoms with Gasteiger partial charge in [-0.3, -0.25) is 0 Å². The Morgan fingerprint density at radius 1 is 1.60 bits per heavy atom. The van der Waals surface area contributed by atoms with Crippen LogP contribution < -0.4 is 10.5 Å². The van der Waals surface area contributed by atoms with Gasteiger partial charge >= 0.3 is 5.97 Å². The summed E-state index contributed by atoms with van der Waals surface area (Å²) >= 11 is 0. The predicted octanol–water partition coefficient (Wildman–Crippen LogP) is 1.02. The van der Waals surface area contributed by atoms with Crippen molar-refractivity contribution in [3.05, 3.63) is 29.3 Å². The first-order chi connectivity index (χ1) is 7.04. The smallest absolute Gasteiger partial charge is 0.328 e. The Morgan fingerprint density at radius 2 is 2.33 bits per heavy atom. The molecule has 0 unspecified atom stereocenters. The number of rotatable bonds is 1. The van der Waals surface area contributed by atoms with Gasteiger partial charge in [0, 0.05) is 12.0 Å². The Morgan fingerprint density at radius 3 is 3.00 bits per heavy atom. The molecule has 1 aromatic carbocycles. The van der Waals surface area contributed by atoms with Crippen molar-refractivity contribution < 1.29 is 14.6 Å². The van der Waals surface area contributed by atoms with Crippen LogP contribution >= 0.6 is 0 Å². The van der Waals surface area contributed by atoms with Crippen molar-refractivity contribution >= 4 is 5.97 Å². The Balaban J connectivity index is 2.59. The van der Waals surface area contributed by atoms with Crippen molar-refractivity contribution in [3.8, 4) is 5.75 Å². The molecule has 2 rings (SSSR count). The molecule has 1 atom stereocenters. The van der Waals surface area contributed by atoms with Gasteiger partial charge in [-0.1, -0.05) is 11.6 Å². The summed E-state index contributed by atoms with van der Waals surface area (Å²) in [7, 11) is 0. The number of nitrogens with two attached hydrogens (primary N) is 1. The van der Waals surface area contributed by atoms with E-state index in [9.17, 15) is 4.79 Å². The van der Waals surface area contributed by atoms with Crippen LogP contribution in [0, 0.1) is 6.92 Å². The first kappa shape index (κ1) is 9.98. The van der Waals surface area contributed by atoms with Crippen LogP contribution in [0.1, 0.15) is 17.5 Å². The van der Waals surface area contributed by atoms with E-state index in [1.54, 1.807) is 12.1 Å². The third kappa shape index (κ3) is 1.47. The van der Waals surface area contributed by atoms with E-state index in [1.807, 2.05) is 13.0 Å². The highest BCUT2D eigenvalue weighted by atomic mass is 16.5. The fourth-order valence-electron chi connectivity index (χ4n) is 1.80. The number of aryl methyl sites for hydroxylation is 1. The molecule has 0 fully saturated rings. The van der Waals surface area contributed by atoms with Gasteiger partial charge in [-0.05, 0) is 19.1 Å². The average molecular weight is 207 g/mol. The lowest BCUT2D eigenvalue weighted by Gasteiger charge is -2.31. The normalized spacial score (nSPS) is 24.1. The second kappa shape index (κ2) is 3.24. The molecule has 3 N–H and O–H groups in total. The van der Waals surface area contributed by atoms with Crippen LogP contribution in [0.2, 0.25) is 0 Å². The maximum Gasteiger partial charge on any atom is 0.328 e. The Hall–Kier alpha value is -1.55. The van der Waals surface area contributed by atoms with Crippen LogP contribution in [0.4, 0.5) is 0 Å². The average Bonchev–Trinajstić information content (AvgIpc) is 2.19. The van der Waals surface area contributed by atoms with Crippen LogP contribution in [0.15, 0.2) is 18.2 Å². The van der Waals surface area contributed by atoms with Gasteiger partial charge in [0.05, 0.1) is 6.61 Å². The van der Waals surface area contributed by atoms with E-state index in [0.29, 0.717) is 24.3 Å². The summed E-state index contributed by atoms with van der Waals surface area (Å²) in [6, 6.07) is 5.43. The molecule has 1 aromatic rings. The number of carbonyl (C=O) groups is 1. The lowest BCUT2D eigenvalue weighted by atomic mass is 9.85. The molecule has 0 saturated heterocycles. The third-order valence-electron chi connectivity index (χ3n) is 2.75. The predicted molar refractivity (Wildman–Crippen MR) is 54.8 cm³/mol. The number of carboxylic acids is 1. The van der Waals surface area contributed by atoms with E-state index in [0.717, 1.165) is 5.56 Å². The number of hydrogen-bond donors (Lipinski definition) is 2. The van der Waals surface area contributed by atoms with Crippen molar-refractivity contribution in [2.75, 3.05) is 6.61 Å². The van der Waals surface area contributed by atoms with Crippen LogP contribution in [0.25, 0.3) is 0 Å². The standard InChI is InChI=1S/C11H13NO3/c1-7-2-3-9-8(6-7)11(12,10(13)14)4-5-15-9/h2-3,6H,4-5,12H2,1H3,(H,13,14)/t11-/m1/s1. The number of fused-ring (bicyclic) bond motifs is 1. The highest BCUT2D eigenvalue weighted by Crippen LogP contribution is 2.35. The molecule has 80 valence electrons. The van der Waals surface area contributed by atoms with Crippen molar-refractivity contribution in [1.29, 1.82) is 0 Å². The largest absolute Gasteiger partial charge is 0.493 e. The zero-order valence-electron chi connectivity index (χ0n) is 8.49. The van der Waals surface area contributed by atoms with Gasteiger partial charge in [-0.25, -0.2) is 4.79 Å². The second-order valence-electron chi connectivity index (χ2n) is 3.87. The molecule has 4 nitrogen and oxygen atoms in total. The summed E-state index contributed by atoms with van der Waals surface area (Å²) < 4.78 is 5.38. The molecule has 0 radical (unpaired) electrons. The van der Waals surface area contributed by atoms with Gasteiger partial charge in [-0.15, -0.1) is 0 Å². The summed E-state index contributed by atoms with van der Waals surface area (Å²) in [6.45, 7) is 2.25. The molecule has 4 heteroatoms. The highest BCUT2D eigenvalue weighted by molar-refractivity contribution is 5.82. The van der Waals surface area contributed by atoms with Crippen molar-refractivity contribution in [2.24, 2.45) is 5.73 Å². The lowest BCUT2D eigenvalue weighted by Crippen LogP contribution is -2.48. The zero-order valence-corrected chi connectivity index (χ0v) is 8.49. The number of carboxylic acid groups (broad SMARTS) is 1. The minimum Gasteiger partial charge on any atom is -0.493 e. The minimum absolute atomic E-state index is 0.304. The molecular weight excluding hydrogens is 194 g/mol. The molecule has 0 aliphatic carbocycles. The summed E-state index contributed by atoms with van der Waals surface area (Å²) in [6.07, 6.45) is 0.304. The van der Waals surface area contributed by atoms with E-state index in [1.165, 1.54) is 0 Å². The molecule has 1 aliphatic rings. The summed E-state index contributed by atoms with van der Waals surface area (Å²) in [5, 5.41) is 9.15. The maximum atomic E-state index is 11.2. The van der Waals surface area contributed by atoms with Crippen LogP contribution in [-0.4, -0.2) is 17.7 Å². The minimum atomic E-state index is -1.31. The van der Waals surface area contributed by atoms with Crippen molar-refractivity contribution in [1.82, 2.24) is 0 Å². The van der Waals surface area contributed by atoms with E-state index >= 15 is 0 Å². The molecular formula is C11H13NO3. The number of ether oxygens (including phenoxy) is 1. The Bertz CT molecular complexity index is 416. The van der Waals surface area contributed by atoms with E-state index < -0.39 is 11.5 Å². The second-order valence-corrected chi connectivity index (χ2v) is 3.87. The molecule has 0 aromatic heterocycles. The topological polar surface area (TPSA) is 72.6 Å². The summed E-state index contributed by atoms with van der Waals surface area (Å²) in [4.78, 5) is 11.2. The first-order valence-electron chi connectivity index (χ1n) is 4.80. The fourth-order valence-corrected chi connectivity index (χ4v) is 1.80. The van der Waals surface area contributed by atoms with Gasteiger partial charge < -0.3 is 15.6 Å². The van der Waals surface area contributed by atoms with E-state index in [4.69, 9.17) is 15.6 Å². The molecule has 0 spiro atoms. The lowest BCUT2D eigenvalue weighted by molar-refractivity contribution is -0.144. The quantitative estimate of drug-likeness (QED) is 0.721. The van der Waals surface area contributed by atoms with Crippen molar-refractivity contribution in [2.45, 2.75) is 18.9 Å². The number of benzene rings is 1. The van der Waals surface area contributed by atoms with Gasteiger partial charge in [0.1, 0.15) is 11.3 Å². The summed E-state index contributed by atoms with van der Waals surface area (Å²) in [5.41, 5.74) is 6.15. The molecule has 1 aliphatic heterocycles. The number of hydrogen-bond acceptors (Lipinski definition) is 3. The Labute approximate surface area is 87.7 Å². The monoisotopic (exact) mass is 207 g/mol. The maximum absolute atomic E-state index is 11.2. The molecule has 15 heavy (non-hydrogen) atoms. The molecule has 1 heterocycles. The highest BCUT2D eigenvalue weighted by Gasteiger charge is 2.41. The zero-order chi connectivity index (χ0) is 11.1. The van der Waals surface area contributed by atoms with Crippen LogP contribution in [-0.2, 0) is 10.3 Å². The molecule has 0 bridgehead atoms. The van der Waals surface area contributed by atoms with Gasteiger partial charge in [0.15, 0.2) is 0 Å². The van der Waals surface area contributed by atoms with Crippen molar-refractivity contribution in [3.63, 3.8) is 0 Å². The van der Waals surface area contributed by atoms with Gasteiger partial charge in [0.2, 0.25) is 0 Å². The SMILES string of the molecule is Cc1ccc2c(c1)[C@@](N)(C(=O)O)CCO2. The Kier molecular flexibility index (Phi) is 2.16.